The summed E-state index contributed by atoms with van der Waals surface area (Å²) >= 11 is 0. The Morgan fingerprint density at radius 1 is 1.15 bits per heavy atom. The second kappa shape index (κ2) is 4.97. The Hall–Kier alpha value is -0.0800. The van der Waals surface area contributed by atoms with Gasteiger partial charge in [0.05, 0.1) is 12.7 Å². The van der Waals surface area contributed by atoms with E-state index >= 15 is 0 Å². The standard InChI is InChI=1S/C9H17NO.C2H6/c1-7-6-11-8(2)5-10(7)9-3-4-9;1-2/h7-9H,3-6H2,1-2H3;1-2H3/t7-,8?;/m0./s1. The summed E-state index contributed by atoms with van der Waals surface area (Å²) in [6.07, 6.45) is 3.28. The van der Waals surface area contributed by atoms with E-state index in [1.807, 2.05) is 13.8 Å². The highest BCUT2D eigenvalue weighted by atomic mass is 16.5. The summed E-state index contributed by atoms with van der Waals surface area (Å²) in [6.45, 7) is 10.5. The van der Waals surface area contributed by atoms with E-state index in [4.69, 9.17) is 4.74 Å². The van der Waals surface area contributed by atoms with Gasteiger partial charge in [0, 0.05) is 18.6 Å². The number of nitrogens with zero attached hydrogens (tertiary/aromatic N) is 1. The van der Waals surface area contributed by atoms with Gasteiger partial charge in [0.25, 0.3) is 0 Å². The zero-order chi connectivity index (χ0) is 9.84. The molecule has 0 aromatic carbocycles. The minimum absolute atomic E-state index is 0.451. The Morgan fingerprint density at radius 3 is 2.31 bits per heavy atom. The summed E-state index contributed by atoms with van der Waals surface area (Å²) in [6, 6.07) is 1.55. The second-order valence-electron chi connectivity index (χ2n) is 3.92. The number of hydrogen-bond donors (Lipinski definition) is 0. The van der Waals surface area contributed by atoms with Crippen molar-refractivity contribution >= 4 is 0 Å². The molecule has 0 aromatic heterocycles. The van der Waals surface area contributed by atoms with Crippen molar-refractivity contribution in [1.29, 1.82) is 0 Å². The van der Waals surface area contributed by atoms with Crippen LogP contribution in [-0.4, -0.2) is 36.2 Å². The highest BCUT2D eigenvalue weighted by Crippen LogP contribution is 2.30. The first-order valence-electron chi connectivity index (χ1n) is 5.64. The molecule has 0 radical (unpaired) electrons. The van der Waals surface area contributed by atoms with Crippen LogP contribution in [0, 0.1) is 0 Å². The fraction of sp³-hybridized carbons (Fsp3) is 1.00. The lowest BCUT2D eigenvalue weighted by atomic mass is 10.2. The topological polar surface area (TPSA) is 12.5 Å². The monoisotopic (exact) mass is 185 g/mol. The van der Waals surface area contributed by atoms with Crippen LogP contribution in [0.3, 0.4) is 0 Å². The molecule has 1 unspecified atom stereocenters. The first-order valence-corrected chi connectivity index (χ1v) is 5.64. The van der Waals surface area contributed by atoms with E-state index in [9.17, 15) is 0 Å². The highest BCUT2D eigenvalue weighted by Gasteiger charge is 2.35. The van der Waals surface area contributed by atoms with E-state index in [0.717, 1.165) is 19.2 Å². The smallest absolute Gasteiger partial charge is 0.0674 e. The van der Waals surface area contributed by atoms with Crippen LogP contribution in [0.2, 0.25) is 0 Å². The first-order chi connectivity index (χ1) is 6.27. The number of ether oxygens (including phenoxy) is 1. The molecule has 2 heteroatoms. The third-order valence-electron chi connectivity index (χ3n) is 2.67. The SMILES string of the molecule is CC.CC1CN(C2CC2)[C@@H](C)CO1. The van der Waals surface area contributed by atoms with Gasteiger partial charge in [0.1, 0.15) is 0 Å². The van der Waals surface area contributed by atoms with Crippen molar-refractivity contribution in [2.24, 2.45) is 0 Å². The fourth-order valence-corrected chi connectivity index (χ4v) is 1.84. The molecule has 0 amide bonds. The van der Waals surface area contributed by atoms with Crippen LogP contribution in [-0.2, 0) is 4.74 Å². The van der Waals surface area contributed by atoms with Gasteiger partial charge < -0.3 is 4.74 Å². The van der Waals surface area contributed by atoms with Gasteiger partial charge in [-0.2, -0.15) is 0 Å². The van der Waals surface area contributed by atoms with Gasteiger partial charge in [-0.1, -0.05) is 13.8 Å². The fourth-order valence-electron chi connectivity index (χ4n) is 1.84. The summed E-state index contributed by atoms with van der Waals surface area (Å²) in [7, 11) is 0. The van der Waals surface area contributed by atoms with Crippen LogP contribution >= 0.6 is 0 Å². The lowest BCUT2D eigenvalue weighted by Gasteiger charge is -2.36. The molecule has 1 saturated carbocycles. The van der Waals surface area contributed by atoms with Gasteiger partial charge in [-0.25, -0.2) is 0 Å². The van der Waals surface area contributed by atoms with Gasteiger partial charge in [0.15, 0.2) is 0 Å². The maximum Gasteiger partial charge on any atom is 0.0674 e. The van der Waals surface area contributed by atoms with Crippen molar-refractivity contribution in [3.8, 4) is 0 Å². The van der Waals surface area contributed by atoms with Crippen LogP contribution in [0.4, 0.5) is 0 Å². The summed E-state index contributed by atoms with van der Waals surface area (Å²) < 4.78 is 5.56. The highest BCUT2D eigenvalue weighted by molar-refractivity contribution is 4.90. The van der Waals surface area contributed by atoms with Crippen molar-refractivity contribution in [3.63, 3.8) is 0 Å². The third-order valence-corrected chi connectivity index (χ3v) is 2.67. The Morgan fingerprint density at radius 2 is 1.77 bits per heavy atom. The molecule has 1 aliphatic carbocycles. The zero-order valence-corrected chi connectivity index (χ0v) is 9.42. The van der Waals surface area contributed by atoms with E-state index in [1.165, 1.54) is 12.8 Å². The molecule has 1 saturated heterocycles. The Bertz CT molecular complexity index is 145. The summed E-state index contributed by atoms with van der Waals surface area (Å²) in [5.74, 6) is 0. The quantitative estimate of drug-likeness (QED) is 0.621. The summed E-state index contributed by atoms with van der Waals surface area (Å²) in [4.78, 5) is 2.61. The van der Waals surface area contributed by atoms with Gasteiger partial charge in [-0.05, 0) is 26.7 Å². The third kappa shape index (κ3) is 2.96. The molecule has 78 valence electrons. The molecule has 2 rings (SSSR count). The summed E-state index contributed by atoms with van der Waals surface area (Å²) in [5, 5.41) is 0. The van der Waals surface area contributed by atoms with Gasteiger partial charge in [0.2, 0.25) is 0 Å². The Labute approximate surface area is 82.3 Å². The molecule has 2 nitrogen and oxygen atoms in total. The molecule has 2 fully saturated rings. The van der Waals surface area contributed by atoms with Crippen molar-refractivity contribution in [3.05, 3.63) is 0 Å². The van der Waals surface area contributed by atoms with Gasteiger partial charge in [-0.15, -0.1) is 0 Å². The second-order valence-corrected chi connectivity index (χ2v) is 3.92. The lowest BCUT2D eigenvalue weighted by molar-refractivity contribution is -0.0527. The molecule has 0 aromatic rings. The predicted octanol–water partition coefficient (Wildman–Crippen LogP) is 2.28. The molecule has 13 heavy (non-hydrogen) atoms. The lowest BCUT2D eigenvalue weighted by Crippen LogP contribution is -2.48. The Balaban J connectivity index is 0.000000396. The maximum absolute atomic E-state index is 5.56. The average molecular weight is 185 g/mol. The van der Waals surface area contributed by atoms with Crippen molar-refractivity contribution in [2.75, 3.05) is 13.2 Å². The zero-order valence-electron chi connectivity index (χ0n) is 9.42. The van der Waals surface area contributed by atoms with Crippen LogP contribution in [0.5, 0.6) is 0 Å². The van der Waals surface area contributed by atoms with E-state index in [1.54, 1.807) is 0 Å². The van der Waals surface area contributed by atoms with E-state index in [-0.39, 0.29) is 0 Å². The molecule has 0 spiro atoms. The molecular formula is C11H23NO. The molecule has 1 heterocycles. The van der Waals surface area contributed by atoms with Gasteiger partial charge >= 0.3 is 0 Å². The molecule has 2 atom stereocenters. The summed E-state index contributed by atoms with van der Waals surface area (Å²) in [5.41, 5.74) is 0. The normalized spacial score (nSPS) is 35.1. The van der Waals surface area contributed by atoms with Crippen LogP contribution in [0.15, 0.2) is 0 Å². The van der Waals surface area contributed by atoms with E-state index < -0.39 is 0 Å². The van der Waals surface area contributed by atoms with Crippen molar-refractivity contribution in [1.82, 2.24) is 4.90 Å². The van der Waals surface area contributed by atoms with Crippen LogP contribution in [0.25, 0.3) is 0 Å². The maximum atomic E-state index is 5.56. The average Bonchev–Trinajstić information content (AvgIpc) is 2.96. The van der Waals surface area contributed by atoms with Crippen molar-refractivity contribution < 1.29 is 4.74 Å². The first kappa shape index (κ1) is 11.0. The molecule has 0 N–H and O–H groups in total. The van der Waals surface area contributed by atoms with Crippen molar-refractivity contribution in [2.45, 2.75) is 58.7 Å². The van der Waals surface area contributed by atoms with Crippen LogP contribution in [0.1, 0.15) is 40.5 Å². The van der Waals surface area contributed by atoms with E-state index in [0.29, 0.717) is 12.1 Å². The molecule has 1 aliphatic heterocycles. The number of hydrogen-bond acceptors (Lipinski definition) is 2. The number of morpholine rings is 1. The van der Waals surface area contributed by atoms with Gasteiger partial charge in [-0.3, -0.25) is 4.90 Å². The van der Waals surface area contributed by atoms with Crippen LogP contribution < -0.4 is 0 Å². The minimum atomic E-state index is 0.451. The predicted molar refractivity (Wildman–Crippen MR) is 56.0 cm³/mol. The Kier molecular flexibility index (Phi) is 4.20. The molecule has 0 bridgehead atoms. The number of rotatable bonds is 1. The van der Waals surface area contributed by atoms with E-state index in [2.05, 4.69) is 18.7 Å². The minimum Gasteiger partial charge on any atom is -0.376 e. The molecular weight excluding hydrogens is 162 g/mol. The largest absolute Gasteiger partial charge is 0.376 e. The molecule has 2 aliphatic rings.